The average molecular weight is 356 g/mol. The van der Waals surface area contributed by atoms with Gasteiger partial charge in [0, 0.05) is 37.8 Å². The number of nitrogens with zero attached hydrogens (tertiary/aromatic N) is 5. The minimum atomic E-state index is -0.0863. The molecule has 0 unspecified atom stereocenters. The third-order valence-electron chi connectivity index (χ3n) is 5.23. The topological polar surface area (TPSA) is 87.2 Å². The van der Waals surface area contributed by atoms with Gasteiger partial charge in [0.2, 0.25) is 0 Å². The number of piperidine rings is 1. The summed E-state index contributed by atoms with van der Waals surface area (Å²) in [6.45, 7) is 6.31. The number of hydrogen-bond acceptors (Lipinski definition) is 6. The molecule has 0 bridgehead atoms. The Morgan fingerprint density at radius 3 is 2.92 bits per heavy atom. The molecule has 4 heterocycles. The summed E-state index contributed by atoms with van der Waals surface area (Å²) < 4.78 is 5.93. The van der Waals surface area contributed by atoms with Crippen molar-refractivity contribution in [1.29, 1.82) is 0 Å². The molecule has 1 amide bonds. The van der Waals surface area contributed by atoms with Crippen molar-refractivity contribution in [3.05, 3.63) is 35.8 Å². The van der Waals surface area contributed by atoms with E-state index in [0.29, 0.717) is 25.5 Å². The van der Waals surface area contributed by atoms with E-state index >= 15 is 0 Å². The van der Waals surface area contributed by atoms with Gasteiger partial charge in [-0.2, -0.15) is 10.2 Å². The van der Waals surface area contributed by atoms with Crippen molar-refractivity contribution in [3.63, 3.8) is 0 Å². The zero-order valence-electron chi connectivity index (χ0n) is 15.0. The fraction of sp³-hybridized carbons (Fsp3) is 0.556. The number of aromatic amines is 1. The molecule has 2 aromatic rings. The maximum atomic E-state index is 12.7. The third-order valence-corrected chi connectivity index (χ3v) is 5.23. The highest BCUT2D eigenvalue weighted by atomic mass is 16.5. The molecule has 2 fully saturated rings. The van der Waals surface area contributed by atoms with Crippen molar-refractivity contribution in [2.75, 3.05) is 44.3 Å². The number of anilines is 1. The maximum Gasteiger partial charge on any atom is 0.271 e. The second-order valence-corrected chi connectivity index (χ2v) is 7.31. The van der Waals surface area contributed by atoms with E-state index in [1.54, 1.807) is 12.3 Å². The summed E-state index contributed by atoms with van der Waals surface area (Å²) in [5.74, 6) is 0.880. The SMILES string of the molecule is Cc1ccc(N2CCOC[C@@]3(CCCN(C(=O)c4ccn[nH]4)C3)C2)nn1. The van der Waals surface area contributed by atoms with Crippen LogP contribution < -0.4 is 4.90 Å². The Morgan fingerprint density at radius 1 is 1.23 bits per heavy atom. The summed E-state index contributed by atoms with van der Waals surface area (Å²) in [5.41, 5.74) is 1.36. The molecule has 1 atom stereocenters. The average Bonchev–Trinajstić information content (AvgIpc) is 3.12. The molecular formula is C18H24N6O2. The summed E-state index contributed by atoms with van der Waals surface area (Å²) in [5, 5.41) is 15.2. The third kappa shape index (κ3) is 3.41. The maximum absolute atomic E-state index is 12.7. The Morgan fingerprint density at radius 2 is 2.15 bits per heavy atom. The normalized spacial score (nSPS) is 23.9. The molecule has 0 radical (unpaired) electrons. The number of hydrogen-bond donors (Lipinski definition) is 1. The van der Waals surface area contributed by atoms with Gasteiger partial charge in [-0.25, -0.2) is 0 Å². The van der Waals surface area contributed by atoms with E-state index in [1.165, 1.54) is 0 Å². The zero-order valence-corrected chi connectivity index (χ0v) is 15.0. The quantitative estimate of drug-likeness (QED) is 0.872. The molecule has 26 heavy (non-hydrogen) atoms. The number of likely N-dealkylation sites (tertiary alicyclic amines) is 1. The van der Waals surface area contributed by atoms with Gasteiger partial charge < -0.3 is 14.5 Å². The first-order chi connectivity index (χ1) is 12.7. The summed E-state index contributed by atoms with van der Waals surface area (Å²) in [4.78, 5) is 16.9. The fourth-order valence-electron chi connectivity index (χ4n) is 3.92. The molecule has 2 saturated heterocycles. The van der Waals surface area contributed by atoms with E-state index in [2.05, 4.69) is 25.3 Å². The fourth-order valence-corrected chi connectivity index (χ4v) is 3.92. The van der Waals surface area contributed by atoms with E-state index in [9.17, 15) is 4.79 Å². The first kappa shape index (κ1) is 17.0. The number of aromatic nitrogens is 4. The molecule has 8 nitrogen and oxygen atoms in total. The molecule has 138 valence electrons. The van der Waals surface area contributed by atoms with Gasteiger partial charge in [-0.05, 0) is 38.0 Å². The summed E-state index contributed by atoms with van der Waals surface area (Å²) in [6.07, 6.45) is 3.62. The Balaban J connectivity index is 1.53. The smallest absolute Gasteiger partial charge is 0.271 e. The second kappa shape index (κ2) is 7.03. The van der Waals surface area contributed by atoms with Crippen LogP contribution in [0.2, 0.25) is 0 Å². The van der Waals surface area contributed by atoms with Crippen LogP contribution in [0.4, 0.5) is 5.82 Å². The van der Waals surface area contributed by atoms with Crippen molar-refractivity contribution < 1.29 is 9.53 Å². The van der Waals surface area contributed by atoms with Crippen molar-refractivity contribution in [1.82, 2.24) is 25.3 Å². The number of nitrogens with one attached hydrogen (secondary N) is 1. The van der Waals surface area contributed by atoms with E-state index in [1.807, 2.05) is 24.0 Å². The lowest BCUT2D eigenvalue weighted by Crippen LogP contribution is -2.52. The minimum absolute atomic E-state index is 0.00694. The number of ether oxygens (including phenoxy) is 1. The molecule has 2 aliphatic rings. The van der Waals surface area contributed by atoms with Crippen LogP contribution in [0.1, 0.15) is 29.0 Å². The second-order valence-electron chi connectivity index (χ2n) is 7.31. The molecule has 2 aromatic heterocycles. The Bertz CT molecular complexity index is 748. The van der Waals surface area contributed by atoms with E-state index < -0.39 is 0 Å². The van der Waals surface area contributed by atoms with Crippen LogP contribution in [-0.4, -0.2) is 70.6 Å². The lowest BCUT2D eigenvalue weighted by Gasteiger charge is -2.43. The van der Waals surface area contributed by atoms with Gasteiger partial charge in [0.25, 0.3) is 5.91 Å². The van der Waals surface area contributed by atoms with Crippen LogP contribution in [0.25, 0.3) is 0 Å². The van der Waals surface area contributed by atoms with Crippen molar-refractivity contribution in [2.45, 2.75) is 19.8 Å². The Labute approximate surface area is 152 Å². The number of amides is 1. The van der Waals surface area contributed by atoms with Crippen LogP contribution >= 0.6 is 0 Å². The first-order valence-electron chi connectivity index (χ1n) is 9.07. The van der Waals surface area contributed by atoms with Crippen LogP contribution in [0.15, 0.2) is 24.4 Å². The van der Waals surface area contributed by atoms with Gasteiger partial charge in [-0.1, -0.05) is 0 Å². The molecule has 4 rings (SSSR count). The van der Waals surface area contributed by atoms with Crippen LogP contribution in [0.3, 0.4) is 0 Å². The first-order valence-corrected chi connectivity index (χ1v) is 9.07. The van der Waals surface area contributed by atoms with Gasteiger partial charge in [0.15, 0.2) is 5.82 Å². The van der Waals surface area contributed by atoms with Crippen LogP contribution in [-0.2, 0) is 4.74 Å². The minimum Gasteiger partial charge on any atom is -0.379 e. The lowest BCUT2D eigenvalue weighted by atomic mass is 9.80. The Kier molecular flexibility index (Phi) is 4.58. The van der Waals surface area contributed by atoms with Crippen LogP contribution in [0, 0.1) is 12.3 Å². The number of H-pyrrole nitrogens is 1. The van der Waals surface area contributed by atoms with Gasteiger partial charge in [-0.15, -0.1) is 5.10 Å². The van der Waals surface area contributed by atoms with Crippen molar-refractivity contribution in [3.8, 4) is 0 Å². The highest BCUT2D eigenvalue weighted by Gasteiger charge is 2.41. The predicted molar refractivity (Wildman–Crippen MR) is 96.0 cm³/mol. The number of carbonyl (C=O) groups is 1. The highest BCUT2D eigenvalue weighted by molar-refractivity contribution is 5.92. The summed E-state index contributed by atoms with van der Waals surface area (Å²) >= 11 is 0. The van der Waals surface area contributed by atoms with Gasteiger partial charge in [0.1, 0.15) is 5.69 Å². The summed E-state index contributed by atoms with van der Waals surface area (Å²) in [7, 11) is 0. The standard InChI is InChI=1S/C18H24N6O2/c1-14-3-4-16(22-20-14)23-9-10-26-13-18(11-23)6-2-8-24(12-18)17(25)15-5-7-19-21-15/h3-5,7H,2,6,8-13H2,1H3,(H,19,21)/t18-/m0/s1. The number of carbonyl (C=O) groups excluding carboxylic acids is 1. The van der Waals surface area contributed by atoms with Gasteiger partial charge in [0.05, 0.1) is 18.9 Å². The summed E-state index contributed by atoms with van der Waals surface area (Å²) in [6, 6.07) is 5.72. The predicted octanol–water partition coefficient (Wildman–Crippen LogP) is 1.27. The molecule has 2 aliphatic heterocycles. The van der Waals surface area contributed by atoms with Crippen molar-refractivity contribution >= 4 is 11.7 Å². The van der Waals surface area contributed by atoms with Gasteiger partial charge >= 0.3 is 0 Å². The number of rotatable bonds is 2. The highest BCUT2D eigenvalue weighted by Crippen LogP contribution is 2.34. The molecule has 1 spiro atoms. The van der Waals surface area contributed by atoms with Crippen molar-refractivity contribution in [2.24, 2.45) is 5.41 Å². The molecule has 1 N–H and O–H groups in total. The monoisotopic (exact) mass is 356 g/mol. The number of aryl methyl sites for hydroxylation is 1. The van der Waals surface area contributed by atoms with Gasteiger partial charge in [-0.3, -0.25) is 9.89 Å². The molecule has 0 aromatic carbocycles. The largest absolute Gasteiger partial charge is 0.379 e. The zero-order chi connectivity index (χ0) is 18.0. The molecule has 0 aliphatic carbocycles. The lowest BCUT2D eigenvalue weighted by molar-refractivity contribution is 0.0133. The molecular weight excluding hydrogens is 332 g/mol. The molecule has 8 heteroatoms. The van der Waals surface area contributed by atoms with E-state index in [4.69, 9.17) is 4.74 Å². The van der Waals surface area contributed by atoms with E-state index in [-0.39, 0.29) is 11.3 Å². The van der Waals surface area contributed by atoms with E-state index in [0.717, 1.165) is 44.0 Å². The Hall–Kier alpha value is -2.48. The van der Waals surface area contributed by atoms with Crippen LogP contribution in [0.5, 0.6) is 0 Å². The molecule has 0 saturated carbocycles.